The zero-order valence-corrected chi connectivity index (χ0v) is 13.1. The third kappa shape index (κ3) is 6.50. The Morgan fingerprint density at radius 2 is 2.15 bits per heavy atom. The SMILES string of the molecule is CCCCOCC(O)CSc1cc(OCC)ccc1N. The van der Waals surface area contributed by atoms with E-state index >= 15 is 0 Å². The van der Waals surface area contributed by atoms with E-state index in [2.05, 4.69) is 6.92 Å². The van der Waals surface area contributed by atoms with Crippen molar-refractivity contribution >= 4 is 17.4 Å². The number of hydrogen-bond donors (Lipinski definition) is 2. The fourth-order valence-electron chi connectivity index (χ4n) is 1.60. The Morgan fingerprint density at radius 3 is 2.85 bits per heavy atom. The van der Waals surface area contributed by atoms with E-state index in [9.17, 15) is 5.11 Å². The van der Waals surface area contributed by atoms with Gasteiger partial charge in [0.1, 0.15) is 5.75 Å². The van der Waals surface area contributed by atoms with Gasteiger partial charge in [0.25, 0.3) is 0 Å². The summed E-state index contributed by atoms with van der Waals surface area (Å²) in [6.07, 6.45) is 1.65. The van der Waals surface area contributed by atoms with Crippen molar-refractivity contribution in [1.29, 1.82) is 0 Å². The molecule has 0 spiro atoms. The molecule has 1 aromatic carbocycles. The summed E-state index contributed by atoms with van der Waals surface area (Å²) < 4.78 is 10.8. The number of ether oxygens (including phenoxy) is 2. The lowest BCUT2D eigenvalue weighted by Crippen LogP contribution is -2.18. The number of thioether (sulfide) groups is 1. The van der Waals surface area contributed by atoms with Crippen LogP contribution in [0.25, 0.3) is 0 Å². The topological polar surface area (TPSA) is 64.7 Å². The molecule has 20 heavy (non-hydrogen) atoms. The van der Waals surface area contributed by atoms with Gasteiger partial charge in [-0.05, 0) is 31.5 Å². The van der Waals surface area contributed by atoms with E-state index in [1.54, 1.807) is 0 Å². The van der Waals surface area contributed by atoms with Crippen molar-refractivity contribution in [2.24, 2.45) is 0 Å². The maximum Gasteiger partial charge on any atom is 0.120 e. The fourth-order valence-corrected chi connectivity index (χ4v) is 2.50. The summed E-state index contributed by atoms with van der Waals surface area (Å²) in [4.78, 5) is 0.934. The second kappa shape index (κ2) is 9.91. The summed E-state index contributed by atoms with van der Waals surface area (Å²) in [5.74, 6) is 1.37. The fraction of sp³-hybridized carbons (Fsp3) is 0.600. The van der Waals surface area contributed by atoms with E-state index in [1.165, 1.54) is 11.8 Å². The van der Waals surface area contributed by atoms with Crippen LogP contribution in [0.3, 0.4) is 0 Å². The van der Waals surface area contributed by atoms with E-state index < -0.39 is 6.10 Å². The van der Waals surface area contributed by atoms with Crippen molar-refractivity contribution in [3.05, 3.63) is 18.2 Å². The van der Waals surface area contributed by atoms with Crippen molar-refractivity contribution in [1.82, 2.24) is 0 Å². The molecule has 0 fully saturated rings. The molecule has 3 N–H and O–H groups in total. The van der Waals surface area contributed by atoms with Crippen molar-refractivity contribution in [2.75, 3.05) is 31.3 Å². The molecule has 1 atom stereocenters. The van der Waals surface area contributed by atoms with Gasteiger partial charge < -0.3 is 20.3 Å². The van der Waals surface area contributed by atoms with Gasteiger partial charge in [-0.3, -0.25) is 0 Å². The molecule has 0 heterocycles. The summed E-state index contributed by atoms with van der Waals surface area (Å²) in [6, 6.07) is 5.60. The number of benzene rings is 1. The number of nitrogen functional groups attached to an aromatic ring is 1. The highest BCUT2D eigenvalue weighted by Crippen LogP contribution is 2.29. The minimum absolute atomic E-state index is 0.373. The van der Waals surface area contributed by atoms with Gasteiger partial charge in [0.05, 0.1) is 19.3 Å². The lowest BCUT2D eigenvalue weighted by molar-refractivity contribution is 0.0473. The Bertz CT molecular complexity index is 387. The van der Waals surface area contributed by atoms with Crippen molar-refractivity contribution in [3.8, 4) is 5.75 Å². The van der Waals surface area contributed by atoms with Crippen LogP contribution in [-0.4, -0.2) is 36.8 Å². The maximum atomic E-state index is 9.86. The minimum Gasteiger partial charge on any atom is -0.494 e. The largest absolute Gasteiger partial charge is 0.494 e. The predicted octanol–water partition coefficient (Wildman–Crippen LogP) is 2.94. The van der Waals surface area contributed by atoms with Crippen molar-refractivity contribution in [3.63, 3.8) is 0 Å². The van der Waals surface area contributed by atoms with Gasteiger partial charge in [-0.1, -0.05) is 13.3 Å². The lowest BCUT2D eigenvalue weighted by Gasteiger charge is -2.13. The summed E-state index contributed by atoms with van der Waals surface area (Å²) >= 11 is 1.52. The Hall–Kier alpha value is -0.910. The summed E-state index contributed by atoms with van der Waals surface area (Å²) in [6.45, 7) is 5.77. The van der Waals surface area contributed by atoms with Crippen LogP contribution < -0.4 is 10.5 Å². The molecule has 0 radical (unpaired) electrons. The molecule has 5 heteroatoms. The van der Waals surface area contributed by atoms with Crippen LogP contribution in [0.2, 0.25) is 0 Å². The number of aliphatic hydroxyl groups is 1. The van der Waals surface area contributed by atoms with Crippen LogP contribution in [0, 0.1) is 0 Å². The van der Waals surface area contributed by atoms with E-state index in [4.69, 9.17) is 15.2 Å². The smallest absolute Gasteiger partial charge is 0.120 e. The predicted molar refractivity (Wildman–Crippen MR) is 84.5 cm³/mol. The highest BCUT2D eigenvalue weighted by molar-refractivity contribution is 7.99. The van der Waals surface area contributed by atoms with Gasteiger partial charge in [0, 0.05) is 22.9 Å². The van der Waals surface area contributed by atoms with E-state index in [1.807, 2.05) is 25.1 Å². The number of aliphatic hydroxyl groups excluding tert-OH is 1. The molecular weight excluding hydrogens is 274 g/mol. The first-order valence-electron chi connectivity index (χ1n) is 7.08. The summed E-state index contributed by atoms with van der Waals surface area (Å²) in [5.41, 5.74) is 6.63. The molecular formula is C15H25NO3S. The highest BCUT2D eigenvalue weighted by Gasteiger charge is 2.08. The molecule has 114 valence electrons. The lowest BCUT2D eigenvalue weighted by atomic mass is 10.3. The minimum atomic E-state index is -0.480. The van der Waals surface area contributed by atoms with Gasteiger partial charge in [-0.15, -0.1) is 11.8 Å². The number of anilines is 1. The van der Waals surface area contributed by atoms with Gasteiger partial charge in [0.15, 0.2) is 0 Å². The number of hydrogen-bond acceptors (Lipinski definition) is 5. The molecule has 0 aliphatic rings. The zero-order chi connectivity index (χ0) is 14.8. The second-order valence-corrected chi connectivity index (χ2v) is 5.59. The normalized spacial score (nSPS) is 12.3. The Morgan fingerprint density at radius 1 is 1.35 bits per heavy atom. The quantitative estimate of drug-likeness (QED) is 0.395. The summed E-state index contributed by atoms with van der Waals surface area (Å²) in [5, 5.41) is 9.86. The Kier molecular flexibility index (Phi) is 8.49. The Balaban J connectivity index is 2.38. The van der Waals surface area contributed by atoms with Gasteiger partial charge in [0.2, 0.25) is 0 Å². The number of unbranched alkanes of at least 4 members (excludes halogenated alkanes) is 1. The monoisotopic (exact) mass is 299 g/mol. The maximum absolute atomic E-state index is 9.86. The van der Waals surface area contributed by atoms with Crippen molar-refractivity contribution in [2.45, 2.75) is 37.7 Å². The molecule has 0 aliphatic carbocycles. The first kappa shape index (κ1) is 17.1. The highest BCUT2D eigenvalue weighted by atomic mass is 32.2. The third-order valence-corrected chi connectivity index (χ3v) is 3.90. The standard InChI is InChI=1S/C15H25NO3S/c1-3-5-8-18-10-12(17)11-20-15-9-13(19-4-2)6-7-14(15)16/h6-7,9,12,17H,3-5,8,10-11,16H2,1-2H3. The molecule has 0 saturated heterocycles. The first-order chi connectivity index (χ1) is 9.67. The molecule has 0 saturated carbocycles. The summed E-state index contributed by atoms with van der Waals surface area (Å²) in [7, 11) is 0. The molecule has 0 aromatic heterocycles. The van der Waals surface area contributed by atoms with E-state index in [-0.39, 0.29) is 0 Å². The van der Waals surface area contributed by atoms with Crippen LogP contribution in [0.1, 0.15) is 26.7 Å². The van der Waals surface area contributed by atoms with Crippen molar-refractivity contribution < 1.29 is 14.6 Å². The number of nitrogens with two attached hydrogens (primary N) is 1. The van der Waals surface area contributed by atoms with Crippen LogP contribution in [0.4, 0.5) is 5.69 Å². The molecule has 0 amide bonds. The van der Waals surface area contributed by atoms with E-state index in [0.29, 0.717) is 31.3 Å². The average Bonchev–Trinajstić information content (AvgIpc) is 2.44. The van der Waals surface area contributed by atoms with Gasteiger partial charge in [-0.25, -0.2) is 0 Å². The first-order valence-corrected chi connectivity index (χ1v) is 8.06. The third-order valence-electron chi connectivity index (χ3n) is 2.68. The molecule has 1 aromatic rings. The second-order valence-electron chi connectivity index (χ2n) is 4.53. The van der Waals surface area contributed by atoms with E-state index in [0.717, 1.165) is 23.5 Å². The molecule has 0 aliphatic heterocycles. The van der Waals surface area contributed by atoms with Crippen LogP contribution in [0.5, 0.6) is 5.75 Å². The molecule has 0 bridgehead atoms. The van der Waals surface area contributed by atoms with Crippen LogP contribution >= 0.6 is 11.8 Å². The van der Waals surface area contributed by atoms with Gasteiger partial charge >= 0.3 is 0 Å². The van der Waals surface area contributed by atoms with Gasteiger partial charge in [-0.2, -0.15) is 0 Å². The number of rotatable bonds is 10. The zero-order valence-electron chi connectivity index (χ0n) is 12.3. The average molecular weight is 299 g/mol. The molecule has 1 unspecified atom stereocenters. The molecule has 4 nitrogen and oxygen atoms in total. The van der Waals surface area contributed by atoms with Crippen LogP contribution in [0.15, 0.2) is 23.1 Å². The molecule has 1 rings (SSSR count). The Labute approximate surface area is 125 Å². The van der Waals surface area contributed by atoms with Crippen LogP contribution in [-0.2, 0) is 4.74 Å².